The van der Waals surface area contributed by atoms with Crippen LogP contribution < -0.4 is 5.73 Å². The normalized spacial score (nSPS) is 14.0. The molecule has 1 aromatic heterocycles. The Morgan fingerprint density at radius 3 is 2.78 bits per heavy atom. The molecule has 23 heavy (non-hydrogen) atoms. The quantitative estimate of drug-likeness (QED) is 0.886. The summed E-state index contributed by atoms with van der Waals surface area (Å²) in [6.07, 6.45) is 2.92. The van der Waals surface area contributed by atoms with E-state index in [1.165, 1.54) is 28.0 Å². The van der Waals surface area contributed by atoms with Crippen LogP contribution in [0.4, 0.5) is 0 Å². The molecule has 1 heterocycles. The Labute approximate surface area is 141 Å². The van der Waals surface area contributed by atoms with Gasteiger partial charge in [-0.3, -0.25) is 4.79 Å². The van der Waals surface area contributed by atoms with Gasteiger partial charge >= 0.3 is 0 Å². The highest BCUT2D eigenvalue weighted by Gasteiger charge is 2.34. The molecule has 5 heteroatoms. The highest BCUT2D eigenvalue weighted by Crippen LogP contribution is 2.30. The molecular formula is C18H23N3OS. The molecule has 0 unspecified atom stereocenters. The first-order chi connectivity index (χ1) is 11.1. The Bertz CT molecular complexity index is 706. The second kappa shape index (κ2) is 6.81. The Morgan fingerprint density at radius 1 is 1.35 bits per heavy atom. The standard InChI is InChI=1S/C18H23N3OS/c1-12-3-4-14(9-13(12)2)10-21(15-5-6-15)18(22)16-11-23-17(20-16)7-8-19/h3-4,9,11,15H,5-8,10,19H2,1-2H3. The molecule has 0 spiro atoms. The second-order valence-corrected chi connectivity index (χ2v) is 7.19. The third-order valence-electron chi connectivity index (χ3n) is 4.30. The van der Waals surface area contributed by atoms with Crippen LogP contribution in [0.3, 0.4) is 0 Å². The minimum atomic E-state index is 0.0465. The number of nitrogens with two attached hydrogens (primary N) is 1. The summed E-state index contributed by atoms with van der Waals surface area (Å²) in [4.78, 5) is 19.3. The van der Waals surface area contributed by atoms with Crippen molar-refractivity contribution in [3.8, 4) is 0 Å². The fourth-order valence-electron chi connectivity index (χ4n) is 2.65. The maximum atomic E-state index is 12.8. The van der Waals surface area contributed by atoms with Gasteiger partial charge in [-0.1, -0.05) is 18.2 Å². The number of aromatic nitrogens is 1. The molecule has 1 aromatic carbocycles. The zero-order valence-corrected chi connectivity index (χ0v) is 14.5. The SMILES string of the molecule is Cc1ccc(CN(C(=O)c2csc(CCN)n2)C2CC2)cc1C. The highest BCUT2D eigenvalue weighted by atomic mass is 32.1. The monoisotopic (exact) mass is 329 g/mol. The lowest BCUT2D eigenvalue weighted by atomic mass is 10.1. The smallest absolute Gasteiger partial charge is 0.273 e. The molecule has 122 valence electrons. The van der Waals surface area contributed by atoms with Crippen molar-refractivity contribution in [2.24, 2.45) is 5.73 Å². The van der Waals surface area contributed by atoms with Gasteiger partial charge in [0.25, 0.3) is 5.91 Å². The molecule has 2 N–H and O–H groups in total. The number of carbonyl (C=O) groups is 1. The van der Waals surface area contributed by atoms with E-state index in [0.29, 0.717) is 24.8 Å². The first kappa shape index (κ1) is 16.1. The number of rotatable bonds is 6. The maximum Gasteiger partial charge on any atom is 0.273 e. The molecular weight excluding hydrogens is 306 g/mol. The summed E-state index contributed by atoms with van der Waals surface area (Å²) in [6, 6.07) is 6.79. The second-order valence-electron chi connectivity index (χ2n) is 6.25. The van der Waals surface area contributed by atoms with Crippen LogP contribution in [0.1, 0.15) is 45.0 Å². The molecule has 0 saturated heterocycles. The van der Waals surface area contributed by atoms with Crippen molar-refractivity contribution in [1.29, 1.82) is 0 Å². The first-order valence-electron chi connectivity index (χ1n) is 8.10. The van der Waals surface area contributed by atoms with E-state index in [1.807, 2.05) is 10.3 Å². The van der Waals surface area contributed by atoms with Gasteiger partial charge in [0.15, 0.2) is 0 Å². The van der Waals surface area contributed by atoms with Crippen molar-refractivity contribution in [3.63, 3.8) is 0 Å². The van der Waals surface area contributed by atoms with Gasteiger partial charge in [0.05, 0.1) is 5.01 Å². The van der Waals surface area contributed by atoms with E-state index in [9.17, 15) is 4.79 Å². The lowest BCUT2D eigenvalue weighted by Gasteiger charge is -2.22. The molecule has 3 rings (SSSR count). The summed E-state index contributed by atoms with van der Waals surface area (Å²) in [5, 5.41) is 2.81. The fraction of sp³-hybridized carbons (Fsp3) is 0.444. The molecule has 2 aromatic rings. The molecule has 0 aliphatic heterocycles. The van der Waals surface area contributed by atoms with E-state index >= 15 is 0 Å². The predicted octanol–water partition coefficient (Wildman–Crippen LogP) is 3.07. The summed E-state index contributed by atoms with van der Waals surface area (Å²) < 4.78 is 0. The molecule has 1 fully saturated rings. The van der Waals surface area contributed by atoms with E-state index < -0.39 is 0 Å². The van der Waals surface area contributed by atoms with Gasteiger partial charge in [0, 0.05) is 24.4 Å². The van der Waals surface area contributed by atoms with Gasteiger partial charge in [-0.05, 0) is 49.9 Å². The summed E-state index contributed by atoms with van der Waals surface area (Å²) in [5.74, 6) is 0.0465. The lowest BCUT2D eigenvalue weighted by molar-refractivity contribution is 0.0724. The average molecular weight is 329 g/mol. The van der Waals surface area contributed by atoms with E-state index in [1.54, 1.807) is 0 Å². The Hall–Kier alpha value is -1.72. The van der Waals surface area contributed by atoms with Crippen LogP contribution in [-0.4, -0.2) is 28.4 Å². The van der Waals surface area contributed by atoms with Crippen LogP contribution in [0.5, 0.6) is 0 Å². The Kier molecular flexibility index (Phi) is 4.78. The van der Waals surface area contributed by atoms with E-state index in [-0.39, 0.29) is 5.91 Å². The number of thiazole rings is 1. The number of nitrogens with zero attached hydrogens (tertiary/aromatic N) is 2. The van der Waals surface area contributed by atoms with Crippen molar-refractivity contribution in [1.82, 2.24) is 9.88 Å². The Balaban J connectivity index is 1.77. The third kappa shape index (κ3) is 3.79. The van der Waals surface area contributed by atoms with Crippen LogP contribution in [0.15, 0.2) is 23.6 Å². The summed E-state index contributed by atoms with van der Waals surface area (Å²) >= 11 is 1.52. The van der Waals surface area contributed by atoms with Crippen molar-refractivity contribution < 1.29 is 4.79 Å². The first-order valence-corrected chi connectivity index (χ1v) is 8.98. The largest absolute Gasteiger partial charge is 0.330 e. The number of hydrogen-bond acceptors (Lipinski definition) is 4. The lowest BCUT2D eigenvalue weighted by Crippen LogP contribution is -2.32. The highest BCUT2D eigenvalue weighted by molar-refractivity contribution is 7.09. The molecule has 1 aliphatic rings. The number of amides is 1. The van der Waals surface area contributed by atoms with Gasteiger partial charge in [0.1, 0.15) is 5.69 Å². The van der Waals surface area contributed by atoms with Crippen LogP contribution in [-0.2, 0) is 13.0 Å². The minimum Gasteiger partial charge on any atom is -0.330 e. The summed E-state index contributed by atoms with van der Waals surface area (Å²) in [6.45, 7) is 5.45. The van der Waals surface area contributed by atoms with Gasteiger partial charge in [0.2, 0.25) is 0 Å². The van der Waals surface area contributed by atoms with Crippen molar-refractivity contribution in [2.75, 3.05) is 6.54 Å². The molecule has 1 saturated carbocycles. The number of carbonyl (C=O) groups excluding carboxylic acids is 1. The van der Waals surface area contributed by atoms with Crippen molar-refractivity contribution in [2.45, 2.75) is 45.7 Å². The number of hydrogen-bond donors (Lipinski definition) is 1. The van der Waals surface area contributed by atoms with Crippen LogP contribution >= 0.6 is 11.3 Å². The number of aryl methyl sites for hydroxylation is 2. The Morgan fingerprint density at radius 2 is 2.13 bits per heavy atom. The van der Waals surface area contributed by atoms with E-state index in [4.69, 9.17) is 5.73 Å². The van der Waals surface area contributed by atoms with Gasteiger partial charge in [-0.15, -0.1) is 11.3 Å². The van der Waals surface area contributed by atoms with Crippen LogP contribution in [0, 0.1) is 13.8 Å². The molecule has 0 bridgehead atoms. The molecule has 0 radical (unpaired) electrons. The maximum absolute atomic E-state index is 12.8. The third-order valence-corrected chi connectivity index (χ3v) is 5.21. The molecule has 4 nitrogen and oxygen atoms in total. The number of benzene rings is 1. The van der Waals surface area contributed by atoms with Crippen molar-refractivity contribution >= 4 is 17.2 Å². The van der Waals surface area contributed by atoms with E-state index in [2.05, 4.69) is 37.0 Å². The molecule has 1 amide bonds. The van der Waals surface area contributed by atoms with Gasteiger partial charge < -0.3 is 10.6 Å². The predicted molar refractivity (Wildman–Crippen MR) is 93.7 cm³/mol. The van der Waals surface area contributed by atoms with Gasteiger partial charge in [-0.2, -0.15) is 0 Å². The zero-order chi connectivity index (χ0) is 16.4. The van der Waals surface area contributed by atoms with Gasteiger partial charge in [-0.25, -0.2) is 4.98 Å². The molecule has 1 aliphatic carbocycles. The van der Waals surface area contributed by atoms with Crippen LogP contribution in [0.25, 0.3) is 0 Å². The summed E-state index contributed by atoms with van der Waals surface area (Å²) in [5.41, 5.74) is 9.86. The fourth-order valence-corrected chi connectivity index (χ4v) is 3.43. The minimum absolute atomic E-state index is 0.0465. The summed E-state index contributed by atoms with van der Waals surface area (Å²) in [7, 11) is 0. The van der Waals surface area contributed by atoms with Crippen LogP contribution in [0.2, 0.25) is 0 Å². The van der Waals surface area contributed by atoms with Crippen molar-refractivity contribution in [3.05, 3.63) is 51.0 Å². The molecule has 0 atom stereocenters. The topological polar surface area (TPSA) is 59.2 Å². The average Bonchev–Trinajstić information content (AvgIpc) is 3.27. The zero-order valence-electron chi connectivity index (χ0n) is 13.7. The van der Waals surface area contributed by atoms with E-state index in [0.717, 1.165) is 24.3 Å².